The van der Waals surface area contributed by atoms with Crippen LogP contribution < -0.4 is 0 Å². The highest BCUT2D eigenvalue weighted by molar-refractivity contribution is 5.35. The minimum atomic E-state index is -7.03. The quantitative estimate of drug-likeness (QED) is 0.373. The van der Waals surface area contributed by atoms with Crippen molar-refractivity contribution in [2.45, 2.75) is 30.0 Å². The van der Waals surface area contributed by atoms with Crippen LogP contribution in [-0.2, 0) is 4.74 Å². The number of nitro groups is 1. The number of hydrogen-bond acceptors (Lipinski definition) is 4. The van der Waals surface area contributed by atoms with Gasteiger partial charge < -0.3 is 4.74 Å². The second-order valence-electron chi connectivity index (χ2n) is 6.17. The number of benzene rings is 1. The second-order valence-corrected chi connectivity index (χ2v) is 6.17. The number of morpholine rings is 1. The van der Waals surface area contributed by atoms with Gasteiger partial charge in [0.15, 0.2) is 0 Å². The molecule has 0 aliphatic carbocycles. The van der Waals surface area contributed by atoms with E-state index in [9.17, 15) is 49.6 Å². The number of alkyl halides is 9. The van der Waals surface area contributed by atoms with Gasteiger partial charge >= 0.3 is 23.9 Å². The average Bonchev–Trinajstić information content (AvgIpc) is 2.61. The molecular formula is C15H13F9N2O3. The highest BCUT2D eigenvalue weighted by atomic mass is 19.4. The number of halogens is 9. The molecule has 0 spiro atoms. The van der Waals surface area contributed by atoms with Crippen molar-refractivity contribution in [1.82, 2.24) is 4.90 Å². The van der Waals surface area contributed by atoms with Crippen LogP contribution in [0.25, 0.3) is 0 Å². The van der Waals surface area contributed by atoms with E-state index in [1.165, 1.54) is 0 Å². The zero-order valence-corrected chi connectivity index (χ0v) is 14.2. The first-order valence-corrected chi connectivity index (χ1v) is 7.91. The molecule has 1 aliphatic rings. The SMILES string of the molecule is O=[N+]([O-])c1ccc(C(N2CCOCC2)C(F)(F)C(F)(F)C(F)(F)C(F)(F)F)cc1. The number of nitro benzene ring substituents is 1. The molecule has 1 saturated heterocycles. The van der Waals surface area contributed by atoms with Crippen LogP contribution >= 0.6 is 0 Å². The summed E-state index contributed by atoms with van der Waals surface area (Å²) in [6.45, 7) is -1.46. The zero-order valence-electron chi connectivity index (χ0n) is 14.2. The Labute approximate surface area is 157 Å². The maximum absolute atomic E-state index is 14.7. The van der Waals surface area contributed by atoms with Crippen molar-refractivity contribution in [3.8, 4) is 0 Å². The van der Waals surface area contributed by atoms with Gasteiger partial charge in [0, 0.05) is 25.2 Å². The molecule has 1 aliphatic heterocycles. The van der Waals surface area contributed by atoms with E-state index in [2.05, 4.69) is 0 Å². The third-order valence-electron chi connectivity index (χ3n) is 4.34. The predicted octanol–water partition coefficient (Wildman–Crippen LogP) is 4.44. The van der Waals surface area contributed by atoms with Crippen molar-refractivity contribution in [2.24, 2.45) is 0 Å². The van der Waals surface area contributed by atoms with E-state index in [0.717, 1.165) is 0 Å². The van der Waals surface area contributed by atoms with E-state index >= 15 is 0 Å². The molecule has 1 unspecified atom stereocenters. The molecule has 0 N–H and O–H groups in total. The Morgan fingerprint density at radius 1 is 0.897 bits per heavy atom. The van der Waals surface area contributed by atoms with E-state index in [1.54, 1.807) is 0 Å². The lowest BCUT2D eigenvalue weighted by Gasteiger charge is -2.43. The molecule has 0 amide bonds. The lowest BCUT2D eigenvalue weighted by Crippen LogP contribution is -2.64. The second kappa shape index (κ2) is 7.63. The lowest BCUT2D eigenvalue weighted by molar-refractivity contribution is -0.404. The van der Waals surface area contributed by atoms with Gasteiger partial charge in [0.1, 0.15) is 6.04 Å². The summed E-state index contributed by atoms with van der Waals surface area (Å²) in [5.74, 6) is -19.8. The van der Waals surface area contributed by atoms with Crippen LogP contribution in [0.15, 0.2) is 24.3 Å². The van der Waals surface area contributed by atoms with Crippen molar-refractivity contribution in [3.05, 3.63) is 39.9 Å². The Morgan fingerprint density at radius 3 is 1.79 bits per heavy atom. The van der Waals surface area contributed by atoms with Crippen LogP contribution in [0.4, 0.5) is 45.2 Å². The Kier molecular flexibility index (Phi) is 6.10. The fourth-order valence-corrected chi connectivity index (χ4v) is 2.82. The van der Waals surface area contributed by atoms with Crippen LogP contribution in [0.1, 0.15) is 11.6 Å². The first-order chi connectivity index (χ1) is 13.1. The summed E-state index contributed by atoms with van der Waals surface area (Å²) in [5.41, 5.74) is -1.41. The Morgan fingerprint density at radius 2 is 1.38 bits per heavy atom. The van der Waals surface area contributed by atoms with Gasteiger partial charge in [0.05, 0.1) is 18.1 Å². The van der Waals surface area contributed by atoms with Crippen molar-refractivity contribution >= 4 is 5.69 Å². The molecule has 1 atom stereocenters. The third kappa shape index (κ3) is 3.99. The van der Waals surface area contributed by atoms with Gasteiger partial charge in [-0.05, 0) is 5.56 Å². The van der Waals surface area contributed by atoms with Crippen LogP contribution in [0.2, 0.25) is 0 Å². The topological polar surface area (TPSA) is 55.6 Å². The summed E-state index contributed by atoms with van der Waals surface area (Å²) in [6.07, 6.45) is -6.94. The fraction of sp³-hybridized carbons (Fsp3) is 0.600. The summed E-state index contributed by atoms with van der Waals surface area (Å²) >= 11 is 0. The molecule has 1 heterocycles. The highest BCUT2D eigenvalue weighted by Gasteiger charge is 2.83. The van der Waals surface area contributed by atoms with Gasteiger partial charge in [0.2, 0.25) is 0 Å². The molecule has 5 nitrogen and oxygen atoms in total. The van der Waals surface area contributed by atoms with Gasteiger partial charge in [0.25, 0.3) is 5.69 Å². The molecule has 1 aromatic rings. The van der Waals surface area contributed by atoms with Gasteiger partial charge in [-0.2, -0.15) is 39.5 Å². The van der Waals surface area contributed by atoms with Gasteiger partial charge in [-0.1, -0.05) is 12.1 Å². The molecule has 14 heteroatoms. The summed E-state index contributed by atoms with van der Waals surface area (Å²) in [6, 6.07) is -0.407. The minimum absolute atomic E-state index is 0.263. The van der Waals surface area contributed by atoms with E-state index in [1.807, 2.05) is 0 Å². The van der Waals surface area contributed by atoms with Crippen LogP contribution in [0.5, 0.6) is 0 Å². The maximum atomic E-state index is 14.7. The number of non-ortho nitro benzene ring substituents is 1. The molecule has 0 radical (unpaired) electrons. The molecule has 0 saturated carbocycles. The number of hydrogen-bond donors (Lipinski definition) is 0. The summed E-state index contributed by atoms with van der Waals surface area (Å²) in [4.78, 5) is 10.3. The number of nitrogens with zero attached hydrogens (tertiary/aromatic N) is 2. The highest BCUT2D eigenvalue weighted by Crippen LogP contribution is 2.57. The Balaban J connectivity index is 2.58. The minimum Gasteiger partial charge on any atom is -0.379 e. The molecule has 0 aromatic heterocycles. The Hall–Kier alpha value is -2.09. The maximum Gasteiger partial charge on any atom is 0.460 e. The number of rotatable bonds is 6. The molecule has 1 fully saturated rings. The summed E-state index contributed by atoms with van der Waals surface area (Å²) in [5, 5.41) is 10.7. The summed E-state index contributed by atoms with van der Waals surface area (Å²) < 4.78 is 126. The van der Waals surface area contributed by atoms with Crippen molar-refractivity contribution in [1.29, 1.82) is 0 Å². The molecule has 2 rings (SSSR count). The number of ether oxygens (including phenoxy) is 1. The van der Waals surface area contributed by atoms with Gasteiger partial charge in [-0.25, -0.2) is 0 Å². The van der Waals surface area contributed by atoms with Gasteiger partial charge in [-0.15, -0.1) is 0 Å². The van der Waals surface area contributed by atoms with Crippen molar-refractivity contribution in [2.75, 3.05) is 26.3 Å². The van der Waals surface area contributed by atoms with Crippen molar-refractivity contribution in [3.63, 3.8) is 0 Å². The first kappa shape index (κ1) is 23.2. The Bertz CT molecular complexity index is 732. The van der Waals surface area contributed by atoms with Gasteiger partial charge in [-0.3, -0.25) is 15.0 Å². The van der Waals surface area contributed by atoms with Crippen LogP contribution in [0.3, 0.4) is 0 Å². The fourth-order valence-electron chi connectivity index (χ4n) is 2.82. The molecule has 164 valence electrons. The first-order valence-electron chi connectivity index (χ1n) is 7.91. The van der Waals surface area contributed by atoms with E-state index < -0.39 is 59.2 Å². The molecular weight excluding hydrogens is 427 g/mol. The largest absolute Gasteiger partial charge is 0.460 e. The lowest BCUT2D eigenvalue weighted by atomic mass is 9.90. The van der Waals surface area contributed by atoms with E-state index in [4.69, 9.17) is 4.74 Å². The standard InChI is InChI=1S/C15H13F9N2O3/c16-12(17,13(18,19)14(20,21)15(22,23)24)11(25-5-7-29-8-6-25)9-1-3-10(4-2-9)26(27)28/h1-4,11H,5-8H2. The monoisotopic (exact) mass is 440 g/mol. The van der Waals surface area contributed by atoms with Crippen LogP contribution in [0, 0.1) is 10.1 Å². The summed E-state index contributed by atoms with van der Waals surface area (Å²) in [7, 11) is 0. The molecule has 29 heavy (non-hydrogen) atoms. The van der Waals surface area contributed by atoms with E-state index in [-0.39, 0.29) is 13.2 Å². The average molecular weight is 440 g/mol. The van der Waals surface area contributed by atoms with Crippen molar-refractivity contribution < 1.29 is 49.2 Å². The smallest absolute Gasteiger partial charge is 0.379 e. The normalized spacial score (nSPS) is 18.5. The molecule has 1 aromatic carbocycles. The predicted molar refractivity (Wildman–Crippen MR) is 79.1 cm³/mol. The zero-order chi connectivity index (χ0) is 22.3. The van der Waals surface area contributed by atoms with Crippen LogP contribution in [-0.4, -0.2) is 60.1 Å². The molecule has 0 bridgehead atoms. The van der Waals surface area contributed by atoms with E-state index in [0.29, 0.717) is 29.2 Å². The third-order valence-corrected chi connectivity index (χ3v) is 4.34.